The molecule has 0 aliphatic heterocycles. The Morgan fingerprint density at radius 3 is 0.700 bits per heavy atom. The average Bonchev–Trinajstić information content (AvgIpc) is 1.13. The molecule has 2 aromatic heterocycles. The van der Waals surface area contributed by atoms with Gasteiger partial charge in [-0.2, -0.15) is 0 Å². The zero-order valence-corrected chi connectivity index (χ0v) is 60.9. The minimum Gasteiger partial charge on any atom is -0.326 e. The van der Waals surface area contributed by atoms with Crippen molar-refractivity contribution in [2.24, 2.45) is 0 Å². The van der Waals surface area contributed by atoms with Crippen LogP contribution in [0.2, 0.25) is 0 Å². The van der Waals surface area contributed by atoms with Gasteiger partial charge < -0.3 is 9.13 Å². The number of fused-ring (bicyclic) bond motifs is 7. The molecule has 2 nitrogen and oxygen atoms in total. The normalized spacial score (nSPS) is 13.5. The van der Waals surface area contributed by atoms with Crippen molar-refractivity contribution in [3.05, 3.63) is 452 Å². The first-order valence-corrected chi connectivity index (χ1v) is 38.1. The van der Waals surface area contributed by atoms with Crippen LogP contribution in [0.3, 0.4) is 0 Å². The number of rotatable bonds is 14. The van der Waals surface area contributed by atoms with Gasteiger partial charge in [0.25, 0.3) is 0 Å². The molecular formula is C108H74N2. The van der Waals surface area contributed by atoms with Gasteiger partial charge in [-0.25, -0.2) is 0 Å². The lowest BCUT2D eigenvalue weighted by atomic mass is 9.64. The molecule has 0 fully saturated rings. The van der Waals surface area contributed by atoms with Crippen molar-refractivity contribution >= 4 is 54.8 Å². The molecule has 19 aromatic rings. The maximum absolute atomic E-state index is 6.03. The molecule has 1 aliphatic rings. The molecule has 2 heteroatoms. The van der Waals surface area contributed by atoms with Gasteiger partial charge in [0, 0.05) is 27.2 Å². The fourth-order valence-electron chi connectivity index (χ4n) is 18.4. The van der Waals surface area contributed by atoms with Gasteiger partial charge in [0.2, 0.25) is 0 Å². The molecule has 1 atom stereocenters. The lowest BCUT2D eigenvalue weighted by Gasteiger charge is -2.44. The molecule has 1 unspecified atom stereocenters. The highest BCUT2D eigenvalue weighted by molar-refractivity contribution is 6.19. The highest BCUT2D eigenvalue weighted by atomic mass is 15.1. The van der Waals surface area contributed by atoms with Crippen LogP contribution < -0.4 is 10.4 Å². The third kappa shape index (κ3) is 10.5. The molecule has 2 heterocycles. The number of benzene rings is 17. The summed E-state index contributed by atoms with van der Waals surface area (Å²) in [6.45, 7) is 8.57. The maximum Gasteiger partial charge on any atom is 0.0940 e. The zero-order valence-electron chi connectivity index (χ0n) is 60.9. The first-order valence-electron chi connectivity index (χ1n) is 38.1. The van der Waals surface area contributed by atoms with Gasteiger partial charge in [0.05, 0.1) is 27.6 Å². The summed E-state index contributed by atoms with van der Waals surface area (Å²) >= 11 is 0. The van der Waals surface area contributed by atoms with Crippen LogP contribution >= 0.6 is 0 Å². The first-order chi connectivity index (χ1) is 54.5. The van der Waals surface area contributed by atoms with Crippen LogP contribution in [0, 0.1) is 0 Å². The molecular weight excluding hydrogens is 1330 g/mol. The van der Waals surface area contributed by atoms with Gasteiger partial charge in [0.15, 0.2) is 0 Å². The van der Waals surface area contributed by atoms with Gasteiger partial charge in [-0.15, -0.1) is 0 Å². The van der Waals surface area contributed by atoms with Crippen molar-refractivity contribution in [2.75, 3.05) is 0 Å². The Morgan fingerprint density at radius 2 is 0.427 bits per heavy atom. The second-order valence-electron chi connectivity index (χ2n) is 28.9. The summed E-state index contributed by atoms with van der Waals surface area (Å²) in [4.78, 5) is 0. The van der Waals surface area contributed by atoms with Gasteiger partial charge >= 0.3 is 0 Å². The molecule has 110 heavy (non-hydrogen) atoms. The number of allylic oxidation sites excluding steroid dienone is 1. The number of hydrogen-bond acceptors (Lipinski definition) is 0. The second kappa shape index (κ2) is 27.3. The summed E-state index contributed by atoms with van der Waals surface area (Å²) in [5.41, 5.74) is 31.7. The van der Waals surface area contributed by atoms with E-state index in [0.29, 0.717) is 0 Å². The third-order valence-electron chi connectivity index (χ3n) is 22.9. The minimum atomic E-state index is -1.24. The predicted molar refractivity (Wildman–Crippen MR) is 465 cm³/mol. The summed E-state index contributed by atoms with van der Waals surface area (Å²) in [5.74, 6) is 0. The maximum atomic E-state index is 6.03. The Bertz CT molecular complexity index is 6570. The SMILES string of the molecule is C=C1C(c2c(-c3ccccc3)c(-c3ccccc3)c(-c3ccccc3)c(-c3ccccc3)c2-c2ccccc2)=c2ccc(-n3c4ccccc4c4ccccc43)cc2=C(c2c(-c3ccccc3)c(-c3ccccc3)c(-c3ccccc3)c(-c3ccccc3)c2-c2ccccc2)C1(C)n1c2ccccc2c2ccccc21. The Labute approximate surface area is 641 Å². The van der Waals surface area contributed by atoms with Crippen molar-refractivity contribution in [1.82, 2.24) is 9.13 Å². The van der Waals surface area contributed by atoms with Gasteiger partial charge in [-0.1, -0.05) is 389 Å². The molecule has 20 rings (SSSR count). The van der Waals surface area contributed by atoms with Crippen LogP contribution in [-0.4, -0.2) is 9.13 Å². The van der Waals surface area contributed by atoms with E-state index in [1.807, 2.05) is 0 Å². The van der Waals surface area contributed by atoms with E-state index in [2.05, 4.69) is 435 Å². The monoisotopic (exact) mass is 1400 g/mol. The Balaban J connectivity index is 1.15. The lowest BCUT2D eigenvalue weighted by Crippen LogP contribution is -2.47. The summed E-state index contributed by atoms with van der Waals surface area (Å²) in [6, 6.07) is 156. The van der Waals surface area contributed by atoms with Crippen LogP contribution in [0.15, 0.2) is 431 Å². The first kappa shape index (κ1) is 65.3. The van der Waals surface area contributed by atoms with Crippen molar-refractivity contribution in [1.29, 1.82) is 0 Å². The van der Waals surface area contributed by atoms with E-state index in [1.165, 1.54) is 10.8 Å². The molecule has 0 saturated carbocycles. The number of nitrogens with zero attached hydrogens (tertiary/aromatic N) is 2. The predicted octanol–water partition coefficient (Wildman–Crippen LogP) is 26.9. The molecule has 17 aromatic carbocycles. The topological polar surface area (TPSA) is 9.86 Å². The average molecular weight is 1400 g/mol. The molecule has 0 radical (unpaired) electrons. The molecule has 0 bridgehead atoms. The smallest absolute Gasteiger partial charge is 0.0940 e. The summed E-state index contributed by atoms with van der Waals surface area (Å²) in [7, 11) is 0. The van der Waals surface area contributed by atoms with Crippen molar-refractivity contribution in [2.45, 2.75) is 12.5 Å². The van der Waals surface area contributed by atoms with Crippen molar-refractivity contribution in [3.63, 3.8) is 0 Å². The quantitative estimate of drug-likeness (QED) is 0.103. The molecule has 516 valence electrons. The number of aromatic nitrogens is 2. The van der Waals surface area contributed by atoms with Crippen molar-refractivity contribution in [3.8, 4) is 117 Å². The van der Waals surface area contributed by atoms with E-state index < -0.39 is 5.54 Å². The van der Waals surface area contributed by atoms with E-state index in [-0.39, 0.29) is 0 Å². The Kier molecular flexibility index (Phi) is 16.2. The van der Waals surface area contributed by atoms with Crippen LogP contribution in [0.4, 0.5) is 0 Å². The summed E-state index contributed by atoms with van der Waals surface area (Å²) < 4.78 is 5.23. The summed E-state index contributed by atoms with van der Waals surface area (Å²) in [6.07, 6.45) is 0. The molecule has 0 spiro atoms. The fourth-order valence-corrected chi connectivity index (χ4v) is 18.4. The Morgan fingerprint density at radius 1 is 0.209 bits per heavy atom. The van der Waals surface area contributed by atoms with E-state index in [1.54, 1.807) is 0 Å². The van der Waals surface area contributed by atoms with Gasteiger partial charge in [-0.05, 0) is 193 Å². The minimum absolute atomic E-state index is 0.934. The van der Waals surface area contributed by atoms with Crippen LogP contribution in [0.5, 0.6) is 0 Å². The second-order valence-corrected chi connectivity index (χ2v) is 28.9. The number of hydrogen-bond donors (Lipinski definition) is 0. The summed E-state index contributed by atoms with van der Waals surface area (Å²) in [5, 5.41) is 6.82. The third-order valence-corrected chi connectivity index (χ3v) is 22.9. The lowest BCUT2D eigenvalue weighted by molar-refractivity contribution is 0.545. The molecule has 0 N–H and O–H groups in total. The van der Waals surface area contributed by atoms with Crippen LogP contribution in [0.1, 0.15) is 18.1 Å². The highest BCUT2D eigenvalue weighted by Crippen LogP contribution is 2.62. The van der Waals surface area contributed by atoms with Crippen LogP contribution in [0.25, 0.3) is 172 Å². The molecule has 0 amide bonds. The van der Waals surface area contributed by atoms with Crippen LogP contribution in [-0.2, 0) is 5.54 Å². The van der Waals surface area contributed by atoms with E-state index in [9.17, 15) is 0 Å². The fraction of sp³-hybridized carbons (Fsp3) is 0.0185. The zero-order chi connectivity index (χ0) is 73.2. The van der Waals surface area contributed by atoms with Crippen molar-refractivity contribution < 1.29 is 0 Å². The molecule has 1 aliphatic carbocycles. The van der Waals surface area contributed by atoms with Gasteiger partial charge in [0.1, 0.15) is 0 Å². The van der Waals surface area contributed by atoms with E-state index >= 15 is 0 Å². The standard InChI is InChI=1S/C108H74N2/c1-72-94(105-101(79-53-25-9-26-54-79)97(75-45-17-5-18-46-75)95(73-41-13-3-14-42-73)98(76-47-19-6-20-48-76)102(105)80-55-27-10-28-56-80)88-70-69-83(109-90-65-37-33-61-84(90)85-62-34-38-66-91(85)109)71-89(88)107(108(72,2)110-92-67-39-35-63-86(92)87-64-36-40-68-93(87)110)106-103(81-57-29-11-30-58-81)99(77-49-21-7-22-50-77)96(74-43-15-4-16-44-74)100(78-51-23-8-24-52-78)104(106)82-59-31-12-32-60-82/h3-71H,1H2,2H3. The van der Waals surface area contributed by atoms with E-state index in [4.69, 9.17) is 6.58 Å². The number of para-hydroxylation sites is 4. The van der Waals surface area contributed by atoms with Gasteiger partial charge in [-0.3, -0.25) is 0 Å². The highest BCUT2D eigenvalue weighted by Gasteiger charge is 2.47. The Hall–Kier alpha value is -14.2. The molecule has 0 saturated heterocycles. The largest absolute Gasteiger partial charge is 0.326 e. The van der Waals surface area contributed by atoms with E-state index in [0.717, 1.165) is 188 Å².